The number of hydrogen-bond donors (Lipinski definition) is 0. The molecule has 0 aromatic heterocycles. The highest BCUT2D eigenvalue weighted by Crippen LogP contribution is 2.10. The molecule has 1 atom stereocenters. The van der Waals surface area contributed by atoms with Crippen LogP contribution in [0, 0.1) is 17.6 Å². The Morgan fingerprint density at radius 3 is 2.50 bits per heavy atom. The normalized spacial score (nSPS) is 11.8. The van der Waals surface area contributed by atoms with Crippen LogP contribution in [0.5, 0.6) is 0 Å². The van der Waals surface area contributed by atoms with Gasteiger partial charge in [0.15, 0.2) is 11.6 Å². The fraction of sp³-hybridized carbons (Fsp3) is 0.429. The van der Waals surface area contributed by atoms with Gasteiger partial charge in [-0.2, -0.15) is 0 Å². The molecule has 6 heteroatoms. The molecule has 0 aliphatic rings. The molecule has 1 amide bonds. The number of rotatable bonds is 5. The highest BCUT2D eigenvalue weighted by molar-refractivity contribution is 5.79. The van der Waals surface area contributed by atoms with Crippen molar-refractivity contribution in [2.75, 3.05) is 20.7 Å². The Kier molecular flexibility index (Phi) is 5.61. The second-order valence-electron chi connectivity index (χ2n) is 4.62. The number of likely N-dealkylation sites (N-methyl/N-ethyl adjacent to an activating group) is 1. The van der Waals surface area contributed by atoms with Crippen molar-refractivity contribution in [3.05, 3.63) is 35.4 Å². The molecule has 20 heavy (non-hydrogen) atoms. The molecule has 0 radical (unpaired) electrons. The minimum atomic E-state index is -0.985. The highest BCUT2D eigenvalue weighted by Gasteiger charge is 2.19. The molecule has 1 aromatic rings. The van der Waals surface area contributed by atoms with Crippen molar-refractivity contribution < 1.29 is 23.1 Å². The number of halogens is 2. The number of carbonyl (C=O) groups excluding carboxylic acids is 2. The Morgan fingerprint density at radius 1 is 1.30 bits per heavy atom. The molecule has 0 heterocycles. The van der Waals surface area contributed by atoms with Gasteiger partial charge >= 0.3 is 5.97 Å². The molecule has 0 saturated carbocycles. The fourth-order valence-electron chi connectivity index (χ4n) is 1.75. The van der Waals surface area contributed by atoms with Crippen LogP contribution in [0.15, 0.2) is 18.2 Å². The summed E-state index contributed by atoms with van der Waals surface area (Å²) in [6.07, 6.45) is -0.0540. The Balaban J connectivity index is 2.61. The summed E-state index contributed by atoms with van der Waals surface area (Å²) in [4.78, 5) is 24.5. The lowest BCUT2D eigenvalue weighted by Gasteiger charge is -2.20. The van der Waals surface area contributed by atoms with Crippen molar-refractivity contribution in [3.8, 4) is 0 Å². The fourth-order valence-corrected chi connectivity index (χ4v) is 1.75. The van der Waals surface area contributed by atoms with E-state index < -0.39 is 23.5 Å². The van der Waals surface area contributed by atoms with Crippen molar-refractivity contribution in [1.82, 2.24) is 4.90 Å². The number of esters is 1. The van der Waals surface area contributed by atoms with Gasteiger partial charge in [0.25, 0.3) is 0 Å². The number of hydrogen-bond acceptors (Lipinski definition) is 3. The summed E-state index contributed by atoms with van der Waals surface area (Å²) in [6, 6.07) is 3.33. The first-order valence-corrected chi connectivity index (χ1v) is 6.11. The molecule has 0 aliphatic heterocycles. The molecular formula is C14H17F2NO3. The van der Waals surface area contributed by atoms with Crippen LogP contribution in [0.2, 0.25) is 0 Å². The second-order valence-corrected chi connectivity index (χ2v) is 4.62. The van der Waals surface area contributed by atoms with Crippen molar-refractivity contribution >= 4 is 11.9 Å². The Hall–Kier alpha value is -1.98. The maximum atomic E-state index is 13.0. The number of ether oxygens (including phenoxy) is 1. The first-order valence-electron chi connectivity index (χ1n) is 6.11. The quantitative estimate of drug-likeness (QED) is 0.775. The summed E-state index contributed by atoms with van der Waals surface area (Å²) in [5.41, 5.74) is 0.381. The predicted molar refractivity (Wildman–Crippen MR) is 68.9 cm³/mol. The lowest BCUT2D eigenvalue weighted by molar-refractivity contribution is -0.146. The largest absolute Gasteiger partial charge is 0.469 e. The van der Waals surface area contributed by atoms with E-state index in [0.717, 1.165) is 12.1 Å². The van der Waals surface area contributed by atoms with Gasteiger partial charge in [0.05, 0.1) is 19.4 Å². The number of benzene rings is 1. The van der Waals surface area contributed by atoms with Gasteiger partial charge in [0.1, 0.15) is 0 Å². The highest BCUT2D eigenvalue weighted by atomic mass is 19.2. The van der Waals surface area contributed by atoms with Gasteiger partial charge in [-0.15, -0.1) is 0 Å². The lowest BCUT2D eigenvalue weighted by Crippen LogP contribution is -2.35. The zero-order chi connectivity index (χ0) is 15.3. The van der Waals surface area contributed by atoms with E-state index in [1.165, 1.54) is 18.1 Å². The van der Waals surface area contributed by atoms with E-state index in [1.54, 1.807) is 14.0 Å². The monoisotopic (exact) mass is 285 g/mol. The number of methoxy groups -OCH3 is 1. The van der Waals surface area contributed by atoms with Crippen molar-refractivity contribution in [2.24, 2.45) is 5.92 Å². The summed E-state index contributed by atoms with van der Waals surface area (Å²) in [5.74, 6) is -3.07. The summed E-state index contributed by atoms with van der Waals surface area (Å²) in [7, 11) is 2.82. The summed E-state index contributed by atoms with van der Waals surface area (Å²) >= 11 is 0. The molecule has 0 fully saturated rings. The maximum absolute atomic E-state index is 13.0. The minimum Gasteiger partial charge on any atom is -0.469 e. The average molecular weight is 285 g/mol. The van der Waals surface area contributed by atoms with Crippen LogP contribution >= 0.6 is 0 Å². The van der Waals surface area contributed by atoms with Crippen LogP contribution in [0.3, 0.4) is 0 Å². The molecule has 110 valence electrons. The zero-order valence-electron chi connectivity index (χ0n) is 11.7. The third-order valence-electron chi connectivity index (χ3n) is 2.92. The smallest absolute Gasteiger partial charge is 0.310 e. The SMILES string of the molecule is COC(=O)C(C)CN(C)C(=O)Cc1ccc(F)c(F)c1. The molecular weight excluding hydrogens is 268 g/mol. The van der Waals surface area contributed by atoms with E-state index in [1.807, 2.05) is 0 Å². The summed E-state index contributed by atoms with van der Waals surface area (Å²) in [6.45, 7) is 1.85. The van der Waals surface area contributed by atoms with E-state index >= 15 is 0 Å². The number of amides is 1. The predicted octanol–water partition coefficient (Wildman–Crippen LogP) is 1.77. The van der Waals surface area contributed by atoms with Crippen LogP contribution in [-0.4, -0.2) is 37.5 Å². The van der Waals surface area contributed by atoms with E-state index in [4.69, 9.17) is 0 Å². The van der Waals surface area contributed by atoms with Crippen molar-refractivity contribution in [3.63, 3.8) is 0 Å². The third-order valence-corrected chi connectivity index (χ3v) is 2.92. The standard InChI is InChI=1S/C14H17F2NO3/c1-9(14(19)20-3)8-17(2)13(18)7-10-4-5-11(15)12(16)6-10/h4-6,9H,7-8H2,1-3H3. The first kappa shape index (κ1) is 16.1. The molecule has 0 spiro atoms. The second kappa shape index (κ2) is 6.98. The zero-order valence-corrected chi connectivity index (χ0v) is 11.7. The topological polar surface area (TPSA) is 46.6 Å². The van der Waals surface area contributed by atoms with E-state index in [9.17, 15) is 18.4 Å². The number of carbonyl (C=O) groups is 2. The Bertz CT molecular complexity index is 505. The van der Waals surface area contributed by atoms with Gasteiger partial charge in [-0.3, -0.25) is 9.59 Å². The van der Waals surface area contributed by atoms with Gasteiger partial charge in [-0.1, -0.05) is 13.0 Å². The molecule has 4 nitrogen and oxygen atoms in total. The van der Waals surface area contributed by atoms with E-state index in [2.05, 4.69) is 4.74 Å². The van der Waals surface area contributed by atoms with Crippen LogP contribution < -0.4 is 0 Å². The van der Waals surface area contributed by atoms with Gasteiger partial charge < -0.3 is 9.64 Å². The first-order chi connectivity index (χ1) is 9.35. The van der Waals surface area contributed by atoms with Crippen LogP contribution in [0.1, 0.15) is 12.5 Å². The summed E-state index contributed by atoms with van der Waals surface area (Å²) in [5, 5.41) is 0. The molecule has 0 saturated heterocycles. The minimum absolute atomic E-state index is 0.0540. The van der Waals surface area contributed by atoms with Crippen LogP contribution in [-0.2, 0) is 20.7 Å². The van der Waals surface area contributed by atoms with Crippen LogP contribution in [0.25, 0.3) is 0 Å². The van der Waals surface area contributed by atoms with Crippen molar-refractivity contribution in [1.29, 1.82) is 0 Å². The van der Waals surface area contributed by atoms with Gasteiger partial charge in [-0.05, 0) is 17.7 Å². The molecule has 0 bridgehead atoms. The van der Waals surface area contributed by atoms with Gasteiger partial charge in [0, 0.05) is 13.6 Å². The van der Waals surface area contributed by atoms with Crippen LogP contribution in [0.4, 0.5) is 8.78 Å². The maximum Gasteiger partial charge on any atom is 0.310 e. The lowest BCUT2D eigenvalue weighted by atomic mass is 10.1. The molecule has 1 aromatic carbocycles. The summed E-state index contributed by atoms with van der Waals surface area (Å²) < 4.78 is 30.4. The van der Waals surface area contributed by atoms with E-state index in [-0.39, 0.29) is 18.9 Å². The van der Waals surface area contributed by atoms with Gasteiger partial charge in [0.2, 0.25) is 5.91 Å². The van der Waals surface area contributed by atoms with E-state index in [0.29, 0.717) is 5.56 Å². The number of nitrogens with zero attached hydrogens (tertiary/aromatic N) is 1. The Morgan fingerprint density at radius 2 is 1.95 bits per heavy atom. The average Bonchev–Trinajstić information content (AvgIpc) is 2.41. The molecule has 0 N–H and O–H groups in total. The molecule has 1 unspecified atom stereocenters. The molecule has 1 rings (SSSR count). The molecule has 0 aliphatic carbocycles. The Labute approximate surface area is 116 Å². The third kappa shape index (κ3) is 4.29. The van der Waals surface area contributed by atoms with Crippen molar-refractivity contribution in [2.45, 2.75) is 13.3 Å². The van der Waals surface area contributed by atoms with Gasteiger partial charge in [-0.25, -0.2) is 8.78 Å².